The van der Waals surface area contributed by atoms with Crippen molar-refractivity contribution in [1.82, 2.24) is 5.32 Å². The summed E-state index contributed by atoms with van der Waals surface area (Å²) in [6.07, 6.45) is -13.7. The summed E-state index contributed by atoms with van der Waals surface area (Å²) in [5.41, 5.74) is -8.14. The van der Waals surface area contributed by atoms with Gasteiger partial charge >= 0.3 is 29.8 Å². The number of carbonyl (C=O) groups excluding carboxylic acids is 7. The highest BCUT2D eigenvalue weighted by Crippen LogP contribution is 2.66. The predicted molar refractivity (Wildman–Crippen MR) is 239 cm³/mol. The summed E-state index contributed by atoms with van der Waals surface area (Å²) >= 11 is 0. The fourth-order valence-corrected chi connectivity index (χ4v) is 10.9. The first kappa shape index (κ1) is 50.6. The van der Waals surface area contributed by atoms with Crippen LogP contribution in [0.4, 0.5) is 0 Å². The second-order valence-corrected chi connectivity index (χ2v) is 19.0. The lowest BCUT2D eigenvalue weighted by Gasteiger charge is -2.67. The maximum absolute atomic E-state index is 16.0. The number of nitrogens with one attached hydrogen (secondary N) is 1. The van der Waals surface area contributed by atoms with Gasteiger partial charge < -0.3 is 54.2 Å². The van der Waals surface area contributed by atoms with E-state index in [1.165, 1.54) is 39.8 Å². The Hall–Kier alpha value is -6.31. The Labute approximate surface area is 397 Å². The van der Waals surface area contributed by atoms with E-state index in [2.05, 4.69) is 5.32 Å². The first-order valence-corrected chi connectivity index (χ1v) is 22.6. The highest BCUT2D eigenvalue weighted by Gasteiger charge is 2.79. The molecule has 1 amide bonds. The average Bonchev–Trinajstić information content (AvgIpc) is 3.30. The summed E-state index contributed by atoms with van der Waals surface area (Å²) < 4.78 is 35.9. The smallest absolute Gasteiger partial charge is 0.338 e. The number of hydrogen-bond acceptors (Lipinski definition) is 17. The maximum atomic E-state index is 16.0. The van der Waals surface area contributed by atoms with Gasteiger partial charge in [-0.25, -0.2) is 9.59 Å². The van der Waals surface area contributed by atoms with Gasteiger partial charge in [0.2, 0.25) is 6.29 Å². The molecule has 368 valence electrons. The van der Waals surface area contributed by atoms with Crippen molar-refractivity contribution in [2.75, 3.05) is 6.61 Å². The molecular formula is C51H57NO17. The summed E-state index contributed by atoms with van der Waals surface area (Å²) in [4.78, 5) is 99.5. The SMILES string of the molecule is CC(=O)O[C@H]1C(=O)[C@@]2(C)C(C(OC(=O)c3ccccc3)[C@]3(O)C[C@H](OC(=O)[C@H](O)[C@@H](NC(=O)c4ccccc4)c4ccccc4)C(C)=C1C3(C)C)[C@]1(OC(C)=O)CO[C@@H]1C[C@@H]2C(=O)OC(O)C(C)O. The van der Waals surface area contributed by atoms with Crippen LogP contribution in [0.1, 0.15) is 93.6 Å². The Morgan fingerprint density at radius 2 is 1.38 bits per heavy atom. The van der Waals surface area contributed by atoms with Crippen LogP contribution in [0.25, 0.3) is 0 Å². The van der Waals surface area contributed by atoms with E-state index in [0.29, 0.717) is 5.56 Å². The van der Waals surface area contributed by atoms with Gasteiger partial charge in [0.1, 0.15) is 30.0 Å². The van der Waals surface area contributed by atoms with Crippen LogP contribution < -0.4 is 5.32 Å². The largest absolute Gasteiger partial charge is 0.456 e. The first-order chi connectivity index (χ1) is 32.5. The number of carbonyl (C=O) groups is 7. The molecule has 0 aromatic heterocycles. The fraction of sp³-hybridized carbons (Fsp3) is 0.471. The lowest BCUT2D eigenvalue weighted by molar-refractivity contribution is -0.340. The highest BCUT2D eigenvalue weighted by molar-refractivity contribution is 5.98. The van der Waals surface area contributed by atoms with E-state index >= 15 is 4.79 Å². The van der Waals surface area contributed by atoms with E-state index in [1.807, 2.05) is 0 Å². The highest BCUT2D eigenvalue weighted by atomic mass is 16.7. The van der Waals surface area contributed by atoms with Crippen molar-refractivity contribution < 1.29 is 82.4 Å². The molecule has 3 fully saturated rings. The fourth-order valence-electron chi connectivity index (χ4n) is 10.9. The van der Waals surface area contributed by atoms with E-state index in [-0.39, 0.29) is 22.3 Å². The van der Waals surface area contributed by atoms with Gasteiger partial charge in [0.15, 0.2) is 23.6 Å². The Bertz CT molecular complexity index is 2510. The van der Waals surface area contributed by atoms with Gasteiger partial charge in [-0.1, -0.05) is 87.5 Å². The molecule has 13 atom stereocenters. The molecule has 7 rings (SSSR count). The number of ether oxygens (including phenoxy) is 6. The van der Waals surface area contributed by atoms with E-state index < -0.39 is 144 Å². The lowest BCUT2D eigenvalue weighted by Crippen LogP contribution is -2.81. The number of fused-ring (bicyclic) bond motifs is 5. The van der Waals surface area contributed by atoms with Crippen LogP contribution in [-0.2, 0) is 52.4 Å². The summed E-state index contributed by atoms with van der Waals surface area (Å²) in [5.74, 6) is -10.5. The van der Waals surface area contributed by atoms with Crippen LogP contribution in [0.2, 0.25) is 0 Å². The third-order valence-corrected chi connectivity index (χ3v) is 14.5. The standard InChI is InChI=1S/C51H57NO17/c1-26-34(66-47(62)38(56)37(30-17-11-8-12-18-30)52-43(58)31-19-13-9-14-20-31)24-51(63)42(67-45(60)32-21-15-10-16-22-32)40-49(7,41(57)39(65-28(3)54)36(26)48(51,5)6)33(46(61)68-44(59)27(2)53)23-35-50(40,25-64-35)69-29(4)55/h8-22,27,33-35,37-40,42,44,53,56,59,63H,23-25H2,1-7H3,(H,52,58)/t27?,33-,34+,35-,37+,38-,39-,40?,42?,44?,49-,50+,51-/m1/s1. The first-order valence-electron chi connectivity index (χ1n) is 22.6. The van der Waals surface area contributed by atoms with Gasteiger partial charge in [-0.2, -0.15) is 0 Å². The summed E-state index contributed by atoms with van der Waals surface area (Å²) in [5, 5.41) is 49.3. The minimum absolute atomic E-state index is 0.0140. The van der Waals surface area contributed by atoms with E-state index in [4.69, 9.17) is 28.4 Å². The van der Waals surface area contributed by atoms with E-state index in [9.17, 15) is 49.2 Å². The Morgan fingerprint density at radius 1 is 0.797 bits per heavy atom. The van der Waals surface area contributed by atoms with E-state index in [1.54, 1.807) is 78.9 Å². The minimum Gasteiger partial charge on any atom is -0.456 e. The Kier molecular flexibility index (Phi) is 14.1. The number of aliphatic hydroxyl groups is 4. The molecule has 3 aliphatic carbocycles. The zero-order valence-electron chi connectivity index (χ0n) is 39.2. The number of aliphatic hydroxyl groups excluding tert-OH is 3. The van der Waals surface area contributed by atoms with Crippen molar-refractivity contribution in [3.8, 4) is 0 Å². The van der Waals surface area contributed by atoms with Crippen molar-refractivity contribution in [3.05, 3.63) is 119 Å². The number of esters is 5. The zero-order valence-corrected chi connectivity index (χ0v) is 39.2. The topological polar surface area (TPSA) is 268 Å². The third kappa shape index (κ3) is 8.95. The number of amides is 1. The number of ketones is 1. The lowest BCUT2D eigenvalue weighted by atomic mass is 9.43. The molecule has 4 aliphatic rings. The molecule has 1 aliphatic heterocycles. The maximum Gasteiger partial charge on any atom is 0.338 e. The molecule has 5 N–H and O–H groups in total. The Morgan fingerprint density at radius 3 is 1.91 bits per heavy atom. The Balaban J connectivity index is 1.43. The number of Topliss-reactive ketones (excluding diaryl/α,β-unsaturated/α-hetero) is 1. The third-order valence-electron chi connectivity index (χ3n) is 14.5. The van der Waals surface area contributed by atoms with Crippen LogP contribution in [0.3, 0.4) is 0 Å². The summed E-state index contributed by atoms with van der Waals surface area (Å²) in [6.45, 7) is 8.59. The molecule has 4 unspecified atom stereocenters. The molecule has 0 spiro atoms. The zero-order chi connectivity index (χ0) is 50.4. The van der Waals surface area contributed by atoms with Crippen LogP contribution >= 0.6 is 0 Å². The molecule has 2 bridgehead atoms. The van der Waals surface area contributed by atoms with Gasteiger partial charge in [-0.05, 0) is 61.2 Å². The molecule has 3 aromatic carbocycles. The molecule has 18 nitrogen and oxygen atoms in total. The predicted octanol–water partition coefficient (Wildman–Crippen LogP) is 3.23. The van der Waals surface area contributed by atoms with Crippen molar-refractivity contribution in [2.45, 2.75) is 121 Å². The molecular weight excluding hydrogens is 899 g/mol. The van der Waals surface area contributed by atoms with Crippen LogP contribution in [0.15, 0.2) is 102 Å². The number of hydrogen-bond donors (Lipinski definition) is 5. The molecule has 69 heavy (non-hydrogen) atoms. The molecule has 18 heteroatoms. The van der Waals surface area contributed by atoms with Gasteiger partial charge in [0, 0.05) is 31.2 Å². The van der Waals surface area contributed by atoms with Crippen molar-refractivity contribution >= 4 is 41.5 Å². The molecule has 2 saturated carbocycles. The average molecular weight is 956 g/mol. The molecule has 1 heterocycles. The normalized spacial score (nSPS) is 30.7. The summed E-state index contributed by atoms with van der Waals surface area (Å²) in [7, 11) is 0. The monoisotopic (exact) mass is 955 g/mol. The number of benzene rings is 3. The van der Waals surface area contributed by atoms with E-state index in [0.717, 1.165) is 20.8 Å². The van der Waals surface area contributed by atoms with Crippen LogP contribution in [-0.4, -0.2) is 123 Å². The minimum atomic E-state index is -2.55. The molecule has 1 saturated heterocycles. The van der Waals surface area contributed by atoms with Gasteiger partial charge in [0.05, 0.1) is 35.5 Å². The van der Waals surface area contributed by atoms with Gasteiger partial charge in [-0.3, -0.25) is 24.0 Å². The van der Waals surface area contributed by atoms with Crippen molar-refractivity contribution in [1.29, 1.82) is 0 Å². The van der Waals surface area contributed by atoms with Gasteiger partial charge in [-0.15, -0.1) is 0 Å². The summed E-state index contributed by atoms with van der Waals surface area (Å²) in [6, 6.07) is 22.4. The van der Waals surface area contributed by atoms with Crippen molar-refractivity contribution in [3.63, 3.8) is 0 Å². The number of rotatable bonds is 13. The second-order valence-electron chi connectivity index (χ2n) is 19.0. The van der Waals surface area contributed by atoms with Crippen LogP contribution in [0.5, 0.6) is 0 Å². The quantitative estimate of drug-likeness (QED) is 0.0712. The van der Waals surface area contributed by atoms with Crippen molar-refractivity contribution in [2.24, 2.45) is 22.7 Å². The van der Waals surface area contributed by atoms with Gasteiger partial charge in [0.25, 0.3) is 5.91 Å². The van der Waals surface area contributed by atoms with Crippen LogP contribution in [0, 0.1) is 22.7 Å². The molecule has 3 aromatic rings. The second kappa shape index (κ2) is 19.2. The molecule has 0 radical (unpaired) electrons.